The van der Waals surface area contributed by atoms with Crippen LogP contribution in [0.25, 0.3) is 11.3 Å². The highest BCUT2D eigenvalue weighted by Gasteiger charge is 2.35. The van der Waals surface area contributed by atoms with Crippen LogP contribution < -0.4 is 0 Å². The van der Waals surface area contributed by atoms with Crippen LogP contribution in [0, 0.1) is 19.7 Å². The molecule has 0 radical (unpaired) electrons. The lowest BCUT2D eigenvalue weighted by Crippen LogP contribution is -2.08. The van der Waals surface area contributed by atoms with Crippen LogP contribution >= 0.6 is 11.3 Å². The van der Waals surface area contributed by atoms with Gasteiger partial charge in [0.05, 0.1) is 16.3 Å². The van der Waals surface area contributed by atoms with E-state index in [0.29, 0.717) is 9.88 Å². The van der Waals surface area contributed by atoms with Crippen LogP contribution in [-0.2, 0) is 6.18 Å². The first-order valence-corrected chi connectivity index (χ1v) is 5.92. The molecule has 0 fully saturated rings. The molecule has 0 saturated heterocycles. The Morgan fingerprint density at radius 1 is 1.17 bits per heavy atom. The number of hydrogen-bond acceptors (Lipinski definition) is 2. The van der Waals surface area contributed by atoms with Gasteiger partial charge in [-0.05, 0) is 26.0 Å². The van der Waals surface area contributed by atoms with Crippen molar-refractivity contribution in [1.82, 2.24) is 4.98 Å². The molecule has 2 aromatic rings. The Morgan fingerprint density at radius 3 is 2.33 bits per heavy atom. The van der Waals surface area contributed by atoms with Gasteiger partial charge in [-0.25, -0.2) is 9.37 Å². The number of alkyl halides is 3. The number of halogens is 4. The molecule has 1 heterocycles. The highest BCUT2D eigenvalue weighted by Crippen LogP contribution is 2.36. The zero-order valence-corrected chi connectivity index (χ0v) is 10.4. The largest absolute Gasteiger partial charge is 0.419 e. The summed E-state index contributed by atoms with van der Waals surface area (Å²) in [7, 11) is 0. The highest BCUT2D eigenvalue weighted by molar-refractivity contribution is 7.11. The van der Waals surface area contributed by atoms with Gasteiger partial charge in [0, 0.05) is 10.4 Å². The van der Waals surface area contributed by atoms with Crippen molar-refractivity contribution >= 4 is 11.3 Å². The van der Waals surface area contributed by atoms with Crippen LogP contribution in [-0.4, -0.2) is 4.98 Å². The lowest BCUT2D eigenvalue weighted by atomic mass is 10.1. The molecule has 0 unspecified atom stereocenters. The number of rotatable bonds is 1. The quantitative estimate of drug-likeness (QED) is 0.694. The highest BCUT2D eigenvalue weighted by atomic mass is 32.1. The second-order valence-electron chi connectivity index (χ2n) is 3.80. The molecule has 96 valence electrons. The Balaban J connectivity index is 2.63. The first-order valence-electron chi connectivity index (χ1n) is 5.11. The van der Waals surface area contributed by atoms with E-state index in [0.717, 1.165) is 6.07 Å². The number of benzene rings is 1. The van der Waals surface area contributed by atoms with E-state index in [1.807, 2.05) is 0 Å². The zero-order valence-electron chi connectivity index (χ0n) is 9.60. The van der Waals surface area contributed by atoms with Crippen molar-refractivity contribution in [2.75, 3.05) is 0 Å². The van der Waals surface area contributed by atoms with Crippen LogP contribution in [0.5, 0.6) is 0 Å². The summed E-state index contributed by atoms with van der Waals surface area (Å²) in [5.74, 6) is -1.27. The van der Waals surface area contributed by atoms with E-state index < -0.39 is 17.6 Å². The second-order valence-corrected chi connectivity index (χ2v) is 5.21. The van der Waals surface area contributed by atoms with Crippen molar-refractivity contribution in [3.8, 4) is 11.3 Å². The molecule has 6 heteroatoms. The molecule has 0 atom stereocenters. The monoisotopic (exact) mass is 275 g/mol. The maximum absolute atomic E-state index is 13.9. The lowest BCUT2D eigenvalue weighted by molar-refractivity contribution is -0.139. The van der Waals surface area contributed by atoms with Gasteiger partial charge in [0.15, 0.2) is 0 Å². The van der Waals surface area contributed by atoms with Gasteiger partial charge in [-0.1, -0.05) is 6.07 Å². The van der Waals surface area contributed by atoms with Crippen LogP contribution in [0.2, 0.25) is 0 Å². The minimum atomic E-state index is -4.70. The number of thiazole rings is 1. The van der Waals surface area contributed by atoms with Gasteiger partial charge in [-0.2, -0.15) is 13.2 Å². The molecule has 0 aliphatic carbocycles. The van der Waals surface area contributed by atoms with Crippen molar-refractivity contribution in [3.63, 3.8) is 0 Å². The third kappa shape index (κ3) is 2.25. The summed E-state index contributed by atoms with van der Waals surface area (Å²) >= 11 is 1.33. The predicted octanol–water partition coefficient (Wildman–Crippen LogP) is 4.58. The number of nitrogens with zero attached hydrogens (tertiary/aromatic N) is 1. The second kappa shape index (κ2) is 4.35. The molecule has 0 aliphatic heterocycles. The fraction of sp³-hybridized carbons (Fsp3) is 0.250. The summed E-state index contributed by atoms with van der Waals surface area (Å²) in [5.41, 5.74) is -1.09. The van der Waals surface area contributed by atoms with Gasteiger partial charge in [0.2, 0.25) is 0 Å². The summed E-state index contributed by atoms with van der Waals surface area (Å²) in [6.07, 6.45) is -4.70. The summed E-state index contributed by atoms with van der Waals surface area (Å²) in [6.45, 7) is 3.44. The third-order valence-corrected chi connectivity index (χ3v) is 3.35. The molecule has 0 aliphatic rings. The number of hydrogen-bond donors (Lipinski definition) is 0. The SMILES string of the molecule is Cc1nc(-c2cccc(C(F)(F)F)c2F)c(C)s1. The van der Waals surface area contributed by atoms with E-state index in [1.165, 1.54) is 23.5 Å². The first-order chi connectivity index (χ1) is 8.30. The van der Waals surface area contributed by atoms with E-state index in [4.69, 9.17) is 0 Å². The smallest absolute Gasteiger partial charge is 0.241 e. The molecule has 0 amide bonds. The molecule has 1 nitrogen and oxygen atoms in total. The van der Waals surface area contributed by atoms with Crippen LogP contribution in [0.4, 0.5) is 17.6 Å². The standard InChI is InChI=1S/C12H9F4NS/c1-6-11(17-7(2)18-6)8-4-3-5-9(10(8)13)12(14,15)16/h3-5H,1-2H3. The maximum Gasteiger partial charge on any atom is 0.419 e. The van der Waals surface area contributed by atoms with Gasteiger partial charge < -0.3 is 0 Å². The molecular weight excluding hydrogens is 266 g/mol. The molecule has 0 N–H and O–H groups in total. The van der Waals surface area contributed by atoms with Crippen LogP contribution in [0.1, 0.15) is 15.4 Å². The summed E-state index contributed by atoms with van der Waals surface area (Å²) in [5, 5.41) is 0.694. The Kier molecular flexibility index (Phi) is 3.14. The van der Waals surface area contributed by atoms with Gasteiger partial charge in [0.25, 0.3) is 0 Å². The van der Waals surface area contributed by atoms with Crippen molar-refractivity contribution in [3.05, 3.63) is 39.5 Å². The first kappa shape index (κ1) is 13.0. The molecular formula is C12H9F4NS. The molecule has 0 spiro atoms. The van der Waals surface area contributed by atoms with Crippen molar-refractivity contribution < 1.29 is 17.6 Å². The van der Waals surface area contributed by atoms with Crippen LogP contribution in [0.15, 0.2) is 18.2 Å². The Morgan fingerprint density at radius 2 is 1.83 bits per heavy atom. The van der Waals surface area contributed by atoms with E-state index in [9.17, 15) is 17.6 Å². The Labute approximate surface area is 105 Å². The van der Waals surface area contributed by atoms with Gasteiger partial charge in [-0.15, -0.1) is 11.3 Å². The summed E-state index contributed by atoms with van der Waals surface area (Å²) < 4.78 is 51.7. The average molecular weight is 275 g/mol. The van der Waals surface area contributed by atoms with E-state index in [2.05, 4.69) is 4.98 Å². The molecule has 18 heavy (non-hydrogen) atoms. The van der Waals surface area contributed by atoms with Gasteiger partial charge in [-0.3, -0.25) is 0 Å². The van der Waals surface area contributed by atoms with Crippen molar-refractivity contribution in [2.24, 2.45) is 0 Å². The Hall–Kier alpha value is -1.43. The summed E-state index contributed by atoms with van der Waals surface area (Å²) in [6, 6.07) is 3.23. The van der Waals surface area contributed by atoms with E-state index >= 15 is 0 Å². The normalized spacial score (nSPS) is 11.9. The molecule has 2 rings (SSSR count). The fourth-order valence-corrected chi connectivity index (χ4v) is 2.54. The van der Waals surface area contributed by atoms with E-state index in [1.54, 1.807) is 13.8 Å². The molecule has 1 aromatic heterocycles. The number of aryl methyl sites for hydroxylation is 2. The minimum absolute atomic E-state index is 0.105. The minimum Gasteiger partial charge on any atom is -0.241 e. The molecule has 0 saturated carbocycles. The zero-order chi connectivity index (χ0) is 13.5. The van der Waals surface area contributed by atoms with Crippen molar-refractivity contribution in [2.45, 2.75) is 20.0 Å². The maximum atomic E-state index is 13.9. The molecule has 1 aromatic carbocycles. The van der Waals surface area contributed by atoms with Gasteiger partial charge in [0.1, 0.15) is 5.82 Å². The summed E-state index contributed by atoms with van der Waals surface area (Å²) in [4.78, 5) is 4.78. The fourth-order valence-electron chi connectivity index (χ4n) is 1.71. The van der Waals surface area contributed by atoms with E-state index in [-0.39, 0.29) is 11.3 Å². The third-order valence-electron chi connectivity index (χ3n) is 2.46. The van der Waals surface area contributed by atoms with Crippen molar-refractivity contribution in [1.29, 1.82) is 0 Å². The van der Waals surface area contributed by atoms with Crippen LogP contribution in [0.3, 0.4) is 0 Å². The lowest BCUT2D eigenvalue weighted by Gasteiger charge is -2.10. The van der Waals surface area contributed by atoms with Gasteiger partial charge >= 0.3 is 6.18 Å². The number of aromatic nitrogens is 1. The Bertz CT molecular complexity index is 586. The average Bonchev–Trinajstić information content (AvgIpc) is 2.56. The predicted molar refractivity (Wildman–Crippen MR) is 62.0 cm³/mol. The molecule has 0 bridgehead atoms. The topological polar surface area (TPSA) is 12.9 Å².